The summed E-state index contributed by atoms with van der Waals surface area (Å²) in [7, 11) is 3.76. The van der Waals surface area contributed by atoms with Crippen molar-refractivity contribution in [3.8, 4) is 0 Å². The Balaban J connectivity index is 1.79. The van der Waals surface area contributed by atoms with Crippen LogP contribution >= 0.6 is 11.3 Å². The fraction of sp³-hybridized carbons (Fsp3) is 0.500. The van der Waals surface area contributed by atoms with E-state index >= 15 is 0 Å². The molecule has 2 aromatic heterocycles. The minimum absolute atomic E-state index is 0.384. The van der Waals surface area contributed by atoms with Crippen molar-refractivity contribution in [2.45, 2.75) is 19.0 Å². The van der Waals surface area contributed by atoms with E-state index in [0.29, 0.717) is 5.92 Å². The Morgan fingerprint density at radius 2 is 2.42 bits per heavy atom. The molecule has 5 heteroatoms. The van der Waals surface area contributed by atoms with Gasteiger partial charge >= 0.3 is 0 Å². The molecule has 0 radical (unpaired) electrons. The maximum atomic E-state index is 5.36. The second kappa shape index (κ2) is 5.45. The normalized spacial score (nSPS) is 19.6. The van der Waals surface area contributed by atoms with Gasteiger partial charge in [-0.25, -0.2) is 0 Å². The van der Waals surface area contributed by atoms with E-state index < -0.39 is 0 Å². The van der Waals surface area contributed by atoms with Gasteiger partial charge in [0.2, 0.25) is 0 Å². The summed E-state index contributed by atoms with van der Waals surface area (Å²) in [6.07, 6.45) is 2.14. The monoisotopic (exact) mass is 277 g/mol. The van der Waals surface area contributed by atoms with Crippen LogP contribution < -0.4 is 0 Å². The van der Waals surface area contributed by atoms with E-state index in [-0.39, 0.29) is 0 Å². The molecule has 0 saturated carbocycles. The summed E-state index contributed by atoms with van der Waals surface area (Å²) in [5, 5.41) is 6.74. The first-order valence-electron chi connectivity index (χ1n) is 6.52. The van der Waals surface area contributed by atoms with Gasteiger partial charge in [0, 0.05) is 56.3 Å². The molecular formula is C14H19N3OS. The minimum atomic E-state index is 0.384. The third-order valence-corrected chi connectivity index (χ3v) is 4.38. The third-order valence-electron chi connectivity index (χ3n) is 3.52. The van der Waals surface area contributed by atoms with Crippen LogP contribution in [0.2, 0.25) is 0 Å². The first-order valence-corrected chi connectivity index (χ1v) is 7.40. The van der Waals surface area contributed by atoms with E-state index in [1.54, 1.807) is 7.11 Å². The molecule has 0 saturated heterocycles. The van der Waals surface area contributed by atoms with Gasteiger partial charge in [0.1, 0.15) is 0 Å². The van der Waals surface area contributed by atoms with Crippen LogP contribution in [0.3, 0.4) is 0 Å². The molecule has 3 rings (SSSR count). The lowest BCUT2D eigenvalue weighted by atomic mass is 9.97. The van der Waals surface area contributed by atoms with Crippen LogP contribution in [0.4, 0.5) is 0 Å². The van der Waals surface area contributed by atoms with Crippen molar-refractivity contribution in [3.05, 3.63) is 39.8 Å². The van der Waals surface area contributed by atoms with Crippen molar-refractivity contribution < 1.29 is 4.74 Å². The van der Waals surface area contributed by atoms with Crippen molar-refractivity contribution in [2.24, 2.45) is 7.05 Å². The number of aryl methyl sites for hydroxylation is 1. The number of aromatic nitrogens is 2. The molecule has 0 spiro atoms. The molecule has 1 atom stereocenters. The van der Waals surface area contributed by atoms with Crippen LogP contribution in [0, 0.1) is 0 Å². The summed E-state index contributed by atoms with van der Waals surface area (Å²) in [5.41, 5.74) is 2.55. The summed E-state index contributed by atoms with van der Waals surface area (Å²) in [5.74, 6) is 0.384. The van der Waals surface area contributed by atoms with E-state index in [0.717, 1.165) is 26.2 Å². The third kappa shape index (κ3) is 2.73. The highest BCUT2D eigenvalue weighted by atomic mass is 32.1. The van der Waals surface area contributed by atoms with E-state index in [9.17, 15) is 0 Å². The minimum Gasteiger partial charge on any atom is -0.384 e. The van der Waals surface area contributed by atoms with Crippen molar-refractivity contribution in [1.29, 1.82) is 0 Å². The van der Waals surface area contributed by atoms with Crippen LogP contribution in [-0.2, 0) is 24.9 Å². The molecule has 0 aromatic carbocycles. The number of fused-ring (bicyclic) bond motifs is 1. The summed E-state index contributed by atoms with van der Waals surface area (Å²) in [6.45, 7) is 3.77. The number of nitrogens with zero attached hydrogens (tertiary/aromatic N) is 3. The lowest BCUT2D eigenvalue weighted by Gasteiger charge is -2.31. The Hall–Kier alpha value is -1.17. The lowest BCUT2D eigenvalue weighted by Crippen LogP contribution is -2.34. The average molecular weight is 277 g/mol. The van der Waals surface area contributed by atoms with Crippen molar-refractivity contribution in [2.75, 3.05) is 20.3 Å². The van der Waals surface area contributed by atoms with Crippen LogP contribution in [-0.4, -0.2) is 34.9 Å². The summed E-state index contributed by atoms with van der Waals surface area (Å²) in [4.78, 5) is 3.91. The van der Waals surface area contributed by atoms with Crippen LogP contribution in [0.5, 0.6) is 0 Å². The zero-order chi connectivity index (χ0) is 13.2. The highest BCUT2D eigenvalue weighted by Crippen LogP contribution is 2.28. The second-order valence-corrected chi connectivity index (χ2v) is 6.15. The SMILES string of the molecule is COC[C@@H]1CN(Cc2cccs2)Cc2cn(C)nc21. The van der Waals surface area contributed by atoms with E-state index in [2.05, 4.69) is 33.7 Å². The molecular weight excluding hydrogens is 258 g/mol. The standard InChI is InChI=1S/C14H19N3OS/c1-16-6-11-7-17(9-13-4-3-5-19-13)8-12(10-18-2)14(11)15-16/h3-6,12H,7-10H2,1-2H3/t12-/m0/s1. The zero-order valence-electron chi connectivity index (χ0n) is 11.4. The quantitative estimate of drug-likeness (QED) is 0.858. The number of methoxy groups -OCH3 is 1. The fourth-order valence-electron chi connectivity index (χ4n) is 2.80. The zero-order valence-corrected chi connectivity index (χ0v) is 12.2. The van der Waals surface area contributed by atoms with E-state index in [4.69, 9.17) is 4.74 Å². The van der Waals surface area contributed by atoms with Gasteiger partial charge in [-0.05, 0) is 11.4 Å². The molecule has 0 N–H and O–H groups in total. The number of thiophene rings is 1. The number of rotatable bonds is 4. The summed E-state index contributed by atoms with van der Waals surface area (Å²) in [6, 6.07) is 4.32. The van der Waals surface area contributed by atoms with Gasteiger partial charge in [-0.1, -0.05) is 6.07 Å². The summed E-state index contributed by atoms with van der Waals surface area (Å²) >= 11 is 1.82. The van der Waals surface area contributed by atoms with Crippen molar-refractivity contribution >= 4 is 11.3 Å². The molecule has 0 aliphatic carbocycles. The Morgan fingerprint density at radius 3 is 3.16 bits per heavy atom. The Labute approximate surface area is 117 Å². The number of ether oxygens (including phenoxy) is 1. The largest absolute Gasteiger partial charge is 0.384 e. The predicted molar refractivity (Wildman–Crippen MR) is 76.3 cm³/mol. The molecule has 0 unspecified atom stereocenters. The Kier molecular flexibility index (Phi) is 3.68. The van der Waals surface area contributed by atoms with Gasteiger partial charge in [-0.2, -0.15) is 5.10 Å². The van der Waals surface area contributed by atoms with Crippen LogP contribution in [0.25, 0.3) is 0 Å². The van der Waals surface area contributed by atoms with E-state index in [1.165, 1.54) is 16.1 Å². The lowest BCUT2D eigenvalue weighted by molar-refractivity contribution is 0.135. The highest BCUT2D eigenvalue weighted by molar-refractivity contribution is 7.09. The second-order valence-electron chi connectivity index (χ2n) is 5.11. The molecule has 19 heavy (non-hydrogen) atoms. The smallest absolute Gasteiger partial charge is 0.0736 e. The first-order chi connectivity index (χ1) is 9.26. The van der Waals surface area contributed by atoms with E-state index in [1.807, 2.05) is 23.1 Å². The predicted octanol–water partition coefficient (Wildman–Crippen LogP) is 2.23. The molecule has 1 aliphatic heterocycles. The molecule has 0 amide bonds. The van der Waals surface area contributed by atoms with Gasteiger partial charge in [0.15, 0.2) is 0 Å². The van der Waals surface area contributed by atoms with Crippen molar-refractivity contribution in [1.82, 2.24) is 14.7 Å². The average Bonchev–Trinajstić information content (AvgIpc) is 2.98. The van der Waals surface area contributed by atoms with Crippen molar-refractivity contribution in [3.63, 3.8) is 0 Å². The highest BCUT2D eigenvalue weighted by Gasteiger charge is 2.28. The van der Waals surface area contributed by atoms with Gasteiger partial charge in [0.25, 0.3) is 0 Å². The topological polar surface area (TPSA) is 30.3 Å². The van der Waals surface area contributed by atoms with Crippen LogP contribution in [0.1, 0.15) is 22.1 Å². The van der Waals surface area contributed by atoms with Gasteiger partial charge in [-0.3, -0.25) is 9.58 Å². The van der Waals surface area contributed by atoms with Gasteiger partial charge < -0.3 is 4.74 Å². The molecule has 3 heterocycles. The van der Waals surface area contributed by atoms with Crippen LogP contribution in [0.15, 0.2) is 23.7 Å². The molecule has 4 nitrogen and oxygen atoms in total. The van der Waals surface area contributed by atoms with Gasteiger partial charge in [0.05, 0.1) is 12.3 Å². The first kappa shape index (κ1) is 12.8. The molecule has 2 aromatic rings. The number of hydrogen-bond donors (Lipinski definition) is 0. The summed E-state index contributed by atoms with van der Waals surface area (Å²) < 4.78 is 7.28. The Morgan fingerprint density at radius 1 is 1.53 bits per heavy atom. The fourth-order valence-corrected chi connectivity index (χ4v) is 3.55. The number of hydrogen-bond acceptors (Lipinski definition) is 4. The molecule has 0 bridgehead atoms. The molecule has 102 valence electrons. The maximum Gasteiger partial charge on any atom is 0.0736 e. The molecule has 1 aliphatic rings. The maximum absolute atomic E-state index is 5.36. The van der Waals surface area contributed by atoms with Gasteiger partial charge in [-0.15, -0.1) is 11.3 Å². The molecule has 0 fully saturated rings. The Bertz CT molecular complexity index is 535.